The first-order chi connectivity index (χ1) is 6.04. The molecule has 0 aromatic rings. The Morgan fingerprint density at radius 3 is 2.77 bits per heavy atom. The lowest BCUT2D eigenvalue weighted by molar-refractivity contribution is 0.0967. The normalized spacial score (nSPS) is 25.5. The Morgan fingerprint density at radius 1 is 1.54 bits per heavy atom. The number of rotatable bonds is 1. The van der Waals surface area contributed by atoms with E-state index in [2.05, 4.69) is 37.1 Å². The summed E-state index contributed by atoms with van der Waals surface area (Å²) < 4.78 is 0. The first-order valence-corrected chi connectivity index (χ1v) is 4.89. The minimum absolute atomic E-state index is 0.232. The average molecular weight is 181 g/mol. The second-order valence-electron chi connectivity index (χ2n) is 4.63. The van der Waals surface area contributed by atoms with E-state index < -0.39 is 0 Å². The van der Waals surface area contributed by atoms with Crippen molar-refractivity contribution in [3.05, 3.63) is 0 Å². The van der Waals surface area contributed by atoms with E-state index in [0.717, 1.165) is 19.6 Å². The number of nitriles is 1. The number of nitrogens with zero attached hydrogens (tertiary/aromatic N) is 2. The molecule has 3 nitrogen and oxygen atoms in total. The second kappa shape index (κ2) is 4.08. The topological polar surface area (TPSA) is 39.1 Å². The summed E-state index contributed by atoms with van der Waals surface area (Å²) >= 11 is 0. The van der Waals surface area contributed by atoms with E-state index in [1.165, 1.54) is 0 Å². The highest BCUT2D eigenvalue weighted by Gasteiger charge is 2.26. The van der Waals surface area contributed by atoms with Gasteiger partial charge < -0.3 is 5.32 Å². The molecule has 0 radical (unpaired) electrons. The molecule has 1 N–H and O–H groups in total. The van der Waals surface area contributed by atoms with Crippen molar-refractivity contribution in [2.75, 3.05) is 19.6 Å². The van der Waals surface area contributed by atoms with E-state index in [9.17, 15) is 0 Å². The molecule has 1 heterocycles. The maximum atomic E-state index is 8.60. The zero-order valence-electron chi connectivity index (χ0n) is 8.80. The van der Waals surface area contributed by atoms with Gasteiger partial charge in [0.15, 0.2) is 0 Å². The van der Waals surface area contributed by atoms with Crippen LogP contribution in [0, 0.1) is 11.3 Å². The zero-order chi connectivity index (χ0) is 9.90. The van der Waals surface area contributed by atoms with Crippen LogP contribution in [0.25, 0.3) is 0 Å². The third kappa shape index (κ3) is 2.98. The summed E-state index contributed by atoms with van der Waals surface area (Å²) in [6.07, 6.45) is 0.618. The first-order valence-electron chi connectivity index (χ1n) is 4.89. The van der Waals surface area contributed by atoms with Crippen LogP contribution in [0.4, 0.5) is 0 Å². The van der Waals surface area contributed by atoms with Crippen LogP contribution in [0.3, 0.4) is 0 Å². The average Bonchev–Trinajstić information content (AvgIpc) is 2.04. The highest BCUT2D eigenvalue weighted by atomic mass is 15.2. The third-order valence-corrected chi connectivity index (χ3v) is 2.54. The van der Waals surface area contributed by atoms with E-state index in [-0.39, 0.29) is 5.54 Å². The molecule has 1 saturated heterocycles. The molecule has 0 spiro atoms. The van der Waals surface area contributed by atoms with E-state index in [4.69, 9.17) is 5.26 Å². The third-order valence-electron chi connectivity index (χ3n) is 2.54. The van der Waals surface area contributed by atoms with Crippen molar-refractivity contribution in [1.82, 2.24) is 10.2 Å². The molecule has 0 unspecified atom stereocenters. The Balaban J connectivity index is 2.48. The maximum Gasteiger partial charge on any atom is 0.0638 e. The van der Waals surface area contributed by atoms with Crippen LogP contribution in [-0.2, 0) is 0 Å². The molecule has 13 heavy (non-hydrogen) atoms. The number of hydrogen-bond acceptors (Lipinski definition) is 3. The van der Waals surface area contributed by atoms with Gasteiger partial charge in [0.1, 0.15) is 0 Å². The Labute approximate surface area is 80.7 Å². The summed E-state index contributed by atoms with van der Waals surface area (Å²) in [5.41, 5.74) is 0.232. The van der Waals surface area contributed by atoms with Crippen molar-refractivity contribution in [1.29, 1.82) is 5.26 Å². The lowest BCUT2D eigenvalue weighted by Gasteiger charge is -2.41. The summed E-state index contributed by atoms with van der Waals surface area (Å²) in [7, 11) is 0. The standard InChI is InChI=1S/C10H19N3/c1-10(2,3)13-7-6-12-9(8-13)4-5-11/h9,12H,4,6-8H2,1-3H3/t9-/m1/s1. The zero-order valence-corrected chi connectivity index (χ0v) is 8.80. The summed E-state index contributed by atoms with van der Waals surface area (Å²) in [5.74, 6) is 0. The molecule has 1 aliphatic heterocycles. The predicted molar refractivity (Wildman–Crippen MR) is 53.3 cm³/mol. The molecule has 0 bridgehead atoms. The van der Waals surface area contributed by atoms with Gasteiger partial charge in [0.2, 0.25) is 0 Å². The van der Waals surface area contributed by atoms with E-state index >= 15 is 0 Å². The first kappa shape index (κ1) is 10.5. The molecular weight excluding hydrogens is 162 g/mol. The Morgan fingerprint density at radius 2 is 2.23 bits per heavy atom. The fraction of sp³-hybridized carbons (Fsp3) is 0.900. The van der Waals surface area contributed by atoms with Gasteiger partial charge in [-0.3, -0.25) is 4.90 Å². The van der Waals surface area contributed by atoms with Crippen molar-refractivity contribution in [2.45, 2.75) is 38.8 Å². The lowest BCUT2D eigenvalue weighted by atomic mass is 10.0. The summed E-state index contributed by atoms with van der Waals surface area (Å²) in [5, 5.41) is 12.0. The number of nitrogens with one attached hydrogen (secondary N) is 1. The molecule has 1 rings (SSSR count). The quantitative estimate of drug-likeness (QED) is 0.655. The second-order valence-corrected chi connectivity index (χ2v) is 4.63. The highest BCUT2D eigenvalue weighted by Crippen LogP contribution is 2.15. The largest absolute Gasteiger partial charge is 0.310 e. The molecule has 74 valence electrons. The Kier molecular flexibility index (Phi) is 3.29. The monoisotopic (exact) mass is 181 g/mol. The van der Waals surface area contributed by atoms with Crippen LogP contribution in [0.1, 0.15) is 27.2 Å². The predicted octanol–water partition coefficient (Wildman–Crippen LogP) is 0.972. The molecular formula is C10H19N3. The molecule has 1 atom stereocenters. The van der Waals surface area contributed by atoms with Crippen molar-refractivity contribution in [3.63, 3.8) is 0 Å². The molecule has 1 fully saturated rings. The van der Waals surface area contributed by atoms with Gasteiger partial charge in [0.05, 0.1) is 12.5 Å². The molecule has 0 aromatic carbocycles. The van der Waals surface area contributed by atoms with Crippen molar-refractivity contribution < 1.29 is 0 Å². The number of piperazine rings is 1. The van der Waals surface area contributed by atoms with Crippen LogP contribution >= 0.6 is 0 Å². The van der Waals surface area contributed by atoms with Crippen molar-refractivity contribution in [2.24, 2.45) is 0 Å². The summed E-state index contributed by atoms with van der Waals surface area (Å²) in [6.45, 7) is 9.76. The molecule has 0 aromatic heterocycles. The molecule has 1 aliphatic rings. The lowest BCUT2D eigenvalue weighted by Crippen LogP contribution is -2.56. The molecule has 0 saturated carbocycles. The summed E-state index contributed by atoms with van der Waals surface area (Å²) in [4.78, 5) is 2.44. The van der Waals surface area contributed by atoms with Crippen LogP contribution in [0.15, 0.2) is 0 Å². The van der Waals surface area contributed by atoms with Crippen molar-refractivity contribution in [3.8, 4) is 6.07 Å². The fourth-order valence-corrected chi connectivity index (χ4v) is 1.68. The molecule has 0 aliphatic carbocycles. The minimum Gasteiger partial charge on any atom is -0.310 e. The highest BCUT2D eigenvalue weighted by molar-refractivity contribution is 4.90. The van der Waals surface area contributed by atoms with Crippen LogP contribution in [-0.4, -0.2) is 36.1 Å². The van der Waals surface area contributed by atoms with Crippen molar-refractivity contribution >= 4 is 0 Å². The van der Waals surface area contributed by atoms with Gasteiger partial charge in [0, 0.05) is 31.2 Å². The fourth-order valence-electron chi connectivity index (χ4n) is 1.68. The summed E-state index contributed by atoms with van der Waals surface area (Å²) in [6, 6.07) is 2.58. The van der Waals surface area contributed by atoms with E-state index in [1.807, 2.05) is 0 Å². The van der Waals surface area contributed by atoms with Gasteiger partial charge >= 0.3 is 0 Å². The SMILES string of the molecule is CC(C)(C)N1CCN[C@H](CC#N)C1. The van der Waals surface area contributed by atoms with Crippen LogP contribution in [0.5, 0.6) is 0 Å². The maximum absolute atomic E-state index is 8.60. The Hall–Kier alpha value is -0.590. The number of hydrogen-bond donors (Lipinski definition) is 1. The van der Waals surface area contributed by atoms with Crippen LogP contribution in [0.2, 0.25) is 0 Å². The van der Waals surface area contributed by atoms with Gasteiger partial charge in [-0.25, -0.2) is 0 Å². The van der Waals surface area contributed by atoms with Gasteiger partial charge in [-0.2, -0.15) is 5.26 Å². The van der Waals surface area contributed by atoms with Gasteiger partial charge in [0.25, 0.3) is 0 Å². The van der Waals surface area contributed by atoms with Gasteiger partial charge in [-0.1, -0.05) is 0 Å². The van der Waals surface area contributed by atoms with E-state index in [1.54, 1.807) is 0 Å². The van der Waals surface area contributed by atoms with Crippen LogP contribution < -0.4 is 5.32 Å². The smallest absolute Gasteiger partial charge is 0.0638 e. The molecule has 3 heteroatoms. The molecule has 0 amide bonds. The van der Waals surface area contributed by atoms with E-state index in [0.29, 0.717) is 12.5 Å². The van der Waals surface area contributed by atoms with Gasteiger partial charge in [-0.05, 0) is 20.8 Å². The minimum atomic E-state index is 0.232. The van der Waals surface area contributed by atoms with Gasteiger partial charge in [-0.15, -0.1) is 0 Å². The Bertz CT molecular complexity index is 199.